The van der Waals surface area contributed by atoms with Crippen LogP contribution in [-0.2, 0) is 0 Å². The van der Waals surface area contributed by atoms with Gasteiger partial charge in [-0.25, -0.2) is 4.98 Å². The summed E-state index contributed by atoms with van der Waals surface area (Å²) in [6.07, 6.45) is 3.63. The molecule has 3 heteroatoms. The van der Waals surface area contributed by atoms with Crippen LogP contribution >= 0.6 is 0 Å². The zero-order valence-electron chi connectivity index (χ0n) is 11.0. The normalized spacial score (nSPS) is 10.3. The highest BCUT2D eigenvalue weighted by Gasteiger charge is 2.11. The fourth-order valence-electron chi connectivity index (χ4n) is 1.81. The summed E-state index contributed by atoms with van der Waals surface area (Å²) in [6.45, 7) is 7.53. The molecular formula is C14H21N3. The van der Waals surface area contributed by atoms with Gasteiger partial charge in [0, 0.05) is 12.6 Å². The van der Waals surface area contributed by atoms with Crippen LogP contribution in [0.25, 0.3) is 0 Å². The van der Waals surface area contributed by atoms with Gasteiger partial charge >= 0.3 is 0 Å². The maximum Gasteiger partial charge on any atom is 0.142 e. The molecule has 0 unspecified atom stereocenters. The van der Waals surface area contributed by atoms with E-state index in [1.165, 1.54) is 19.3 Å². The van der Waals surface area contributed by atoms with Crippen LogP contribution in [0, 0.1) is 11.3 Å². The third-order valence-electron chi connectivity index (χ3n) is 2.77. The van der Waals surface area contributed by atoms with Crippen molar-refractivity contribution in [3.63, 3.8) is 0 Å². The summed E-state index contributed by atoms with van der Waals surface area (Å²) in [7, 11) is 0. The molecule has 0 spiro atoms. The minimum Gasteiger partial charge on any atom is -0.354 e. The predicted molar refractivity (Wildman–Crippen MR) is 71.0 cm³/mol. The number of unbranched alkanes of at least 4 members (excludes halogenated alkanes) is 2. The molecule has 0 aromatic carbocycles. The lowest BCUT2D eigenvalue weighted by Crippen LogP contribution is -2.32. The highest BCUT2D eigenvalue weighted by atomic mass is 15.2. The van der Waals surface area contributed by atoms with E-state index in [4.69, 9.17) is 5.26 Å². The average molecular weight is 231 g/mol. The SMILES string of the molecule is CCCCCN(c1cccc(C#N)n1)C(C)C. The smallest absolute Gasteiger partial charge is 0.142 e. The van der Waals surface area contributed by atoms with Crippen LogP contribution in [0.5, 0.6) is 0 Å². The third kappa shape index (κ3) is 4.07. The Kier molecular flexibility index (Phi) is 5.48. The first kappa shape index (κ1) is 13.5. The van der Waals surface area contributed by atoms with Gasteiger partial charge in [0.2, 0.25) is 0 Å². The molecule has 1 aromatic heterocycles. The summed E-state index contributed by atoms with van der Waals surface area (Å²) in [4.78, 5) is 6.62. The van der Waals surface area contributed by atoms with E-state index in [2.05, 4.69) is 36.7 Å². The van der Waals surface area contributed by atoms with Gasteiger partial charge in [-0.05, 0) is 32.4 Å². The lowest BCUT2D eigenvalue weighted by Gasteiger charge is -2.27. The van der Waals surface area contributed by atoms with Crippen molar-refractivity contribution in [1.29, 1.82) is 5.26 Å². The molecule has 92 valence electrons. The summed E-state index contributed by atoms with van der Waals surface area (Å²) >= 11 is 0. The zero-order valence-corrected chi connectivity index (χ0v) is 11.0. The third-order valence-corrected chi connectivity index (χ3v) is 2.77. The fraction of sp³-hybridized carbons (Fsp3) is 0.571. The second-order valence-electron chi connectivity index (χ2n) is 4.49. The van der Waals surface area contributed by atoms with Gasteiger partial charge in [-0.15, -0.1) is 0 Å². The second-order valence-corrected chi connectivity index (χ2v) is 4.49. The van der Waals surface area contributed by atoms with Gasteiger partial charge in [0.25, 0.3) is 0 Å². The Labute approximate surface area is 104 Å². The molecule has 0 saturated carbocycles. The molecule has 0 fully saturated rings. The van der Waals surface area contributed by atoms with Crippen LogP contribution < -0.4 is 4.90 Å². The molecule has 0 aliphatic carbocycles. The van der Waals surface area contributed by atoms with Crippen LogP contribution in [0.4, 0.5) is 5.82 Å². The van der Waals surface area contributed by atoms with Crippen LogP contribution in [0.1, 0.15) is 45.7 Å². The molecule has 0 bridgehead atoms. The molecule has 0 aliphatic heterocycles. The molecule has 3 nitrogen and oxygen atoms in total. The van der Waals surface area contributed by atoms with Crippen molar-refractivity contribution in [2.75, 3.05) is 11.4 Å². The topological polar surface area (TPSA) is 39.9 Å². The molecule has 0 amide bonds. The Bertz CT molecular complexity index is 379. The highest BCUT2D eigenvalue weighted by Crippen LogP contribution is 2.15. The highest BCUT2D eigenvalue weighted by molar-refractivity contribution is 5.42. The summed E-state index contributed by atoms with van der Waals surface area (Å²) in [5, 5.41) is 8.87. The van der Waals surface area contributed by atoms with Crippen molar-refractivity contribution in [2.45, 2.75) is 46.1 Å². The number of nitriles is 1. The molecule has 0 radical (unpaired) electrons. The van der Waals surface area contributed by atoms with Crippen LogP contribution in [0.15, 0.2) is 18.2 Å². The Balaban J connectivity index is 2.78. The van der Waals surface area contributed by atoms with Crippen molar-refractivity contribution in [3.8, 4) is 6.07 Å². The Morgan fingerprint density at radius 3 is 2.71 bits per heavy atom. The molecule has 17 heavy (non-hydrogen) atoms. The molecule has 1 heterocycles. The Morgan fingerprint density at radius 2 is 2.12 bits per heavy atom. The summed E-state index contributed by atoms with van der Waals surface area (Å²) < 4.78 is 0. The van der Waals surface area contributed by atoms with E-state index in [1.54, 1.807) is 6.07 Å². The van der Waals surface area contributed by atoms with Crippen molar-refractivity contribution < 1.29 is 0 Å². The van der Waals surface area contributed by atoms with E-state index < -0.39 is 0 Å². The first-order chi connectivity index (χ1) is 8.19. The molecular weight excluding hydrogens is 210 g/mol. The largest absolute Gasteiger partial charge is 0.354 e. The van der Waals surface area contributed by atoms with Gasteiger partial charge in [-0.2, -0.15) is 5.26 Å². The van der Waals surface area contributed by atoms with E-state index in [-0.39, 0.29) is 0 Å². The number of rotatable bonds is 6. The second kappa shape index (κ2) is 6.90. The van der Waals surface area contributed by atoms with E-state index in [1.807, 2.05) is 12.1 Å². The van der Waals surface area contributed by atoms with Gasteiger partial charge in [0.05, 0.1) is 0 Å². The fourth-order valence-corrected chi connectivity index (χ4v) is 1.81. The standard InChI is InChI=1S/C14H21N3/c1-4-5-6-10-17(12(2)3)14-9-7-8-13(11-15)16-14/h7-9,12H,4-6,10H2,1-3H3. The van der Waals surface area contributed by atoms with Gasteiger partial charge < -0.3 is 4.90 Å². The molecule has 0 atom stereocenters. The zero-order chi connectivity index (χ0) is 12.7. The first-order valence-electron chi connectivity index (χ1n) is 6.32. The van der Waals surface area contributed by atoms with Crippen molar-refractivity contribution >= 4 is 5.82 Å². The molecule has 0 N–H and O–H groups in total. The van der Waals surface area contributed by atoms with Crippen LogP contribution in [-0.4, -0.2) is 17.6 Å². The molecule has 0 saturated heterocycles. The monoisotopic (exact) mass is 231 g/mol. The van der Waals surface area contributed by atoms with E-state index in [0.717, 1.165) is 12.4 Å². The summed E-state index contributed by atoms with van der Waals surface area (Å²) in [6, 6.07) is 8.12. The minimum absolute atomic E-state index is 0.410. The molecule has 0 aliphatic rings. The van der Waals surface area contributed by atoms with E-state index in [0.29, 0.717) is 11.7 Å². The lowest BCUT2D eigenvalue weighted by atomic mass is 10.2. The van der Waals surface area contributed by atoms with Crippen molar-refractivity contribution in [3.05, 3.63) is 23.9 Å². The van der Waals surface area contributed by atoms with Gasteiger partial charge in [0.1, 0.15) is 17.6 Å². The van der Waals surface area contributed by atoms with E-state index >= 15 is 0 Å². The number of anilines is 1. The van der Waals surface area contributed by atoms with E-state index in [9.17, 15) is 0 Å². The number of pyridine rings is 1. The van der Waals surface area contributed by atoms with Crippen LogP contribution in [0.3, 0.4) is 0 Å². The van der Waals surface area contributed by atoms with Crippen molar-refractivity contribution in [2.24, 2.45) is 0 Å². The number of aromatic nitrogens is 1. The number of nitrogens with zero attached hydrogens (tertiary/aromatic N) is 3. The maximum atomic E-state index is 8.87. The quantitative estimate of drug-likeness (QED) is 0.705. The maximum absolute atomic E-state index is 8.87. The van der Waals surface area contributed by atoms with Gasteiger partial charge in [-0.3, -0.25) is 0 Å². The molecule has 1 rings (SSSR count). The van der Waals surface area contributed by atoms with Gasteiger partial charge in [0.15, 0.2) is 0 Å². The first-order valence-corrected chi connectivity index (χ1v) is 6.32. The predicted octanol–water partition coefficient (Wildman–Crippen LogP) is 3.36. The summed E-state index contributed by atoms with van der Waals surface area (Å²) in [5.74, 6) is 0.912. The molecule has 1 aromatic rings. The lowest BCUT2D eigenvalue weighted by molar-refractivity contribution is 0.619. The Morgan fingerprint density at radius 1 is 1.35 bits per heavy atom. The summed E-state index contributed by atoms with van der Waals surface area (Å²) in [5.41, 5.74) is 0.489. The van der Waals surface area contributed by atoms with Crippen molar-refractivity contribution in [1.82, 2.24) is 4.98 Å². The van der Waals surface area contributed by atoms with Gasteiger partial charge in [-0.1, -0.05) is 25.8 Å². The Hall–Kier alpha value is -1.56. The average Bonchev–Trinajstić information content (AvgIpc) is 2.34. The van der Waals surface area contributed by atoms with Crippen LogP contribution in [0.2, 0.25) is 0 Å². The number of hydrogen-bond donors (Lipinski definition) is 0. The number of hydrogen-bond acceptors (Lipinski definition) is 3. The minimum atomic E-state index is 0.410.